The van der Waals surface area contributed by atoms with E-state index >= 15 is 0 Å². The van der Waals surface area contributed by atoms with E-state index < -0.39 is 6.03 Å². The number of hydrogen-bond donors (Lipinski definition) is 4. The van der Waals surface area contributed by atoms with E-state index in [0.29, 0.717) is 17.1 Å². The number of carbonyl (C=O) groups is 1. The number of piperidine rings is 1. The second-order valence-electron chi connectivity index (χ2n) is 6.96. The van der Waals surface area contributed by atoms with Gasteiger partial charge in [-0.05, 0) is 62.1 Å². The second kappa shape index (κ2) is 9.19. The number of amides is 2. The number of nitrogens with zero attached hydrogens (tertiary/aromatic N) is 1. The minimum absolute atomic E-state index is 0.319. The van der Waals surface area contributed by atoms with Crippen molar-refractivity contribution in [2.24, 2.45) is 5.10 Å². The Labute approximate surface area is 159 Å². The van der Waals surface area contributed by atoms with E-state index in [1.807, 2.05) is 49.4 Å². The predicted molar refractivity (Wildman–Crippen MR) is 107 cm³/mol. The fourth-order valence-electron chi connectivity index (χ4n) is 3.33. The molecule has 0 aromatic heterocycles. The first-order valence-electron chi connectivity index (χ1n) is 9.44. The first kappa shape index (κ1) is 18.9. The summed E-state index contributed by atoms with van der Waals surface area (Å²) in [5.74, 6) is 0.319. The molecular weight excluding hydrogens is 340 g/mol. The van der Waals surface area contributed by atoms with Crippen LogP contribution in [0.1, 0.15) is 37.3 Å². The summed E-state index contributed by atoms with van der Waals surface area (Å²) in [6, 6.07) is 14.3. The topological polar surface area (TPSA) is 78.2 Å². The first-order chi connectivity index (χ1) is 13.1. The quantitative estimate of drug-likeness (QED) is 0.484. The van der Waals surface area contributed by atoms with Crippen molar-refractivity contribution in [2.75, 3.05) is 18.4 Å². The Hall–Kier alpha value is -2.86. The third-order valence-electron chi connectivity index (χ3n) is 4.86. The lowest BCUT2D eigenvalue weighted by Gasteiger charge is -2.24. The molecule has 6 nitrogen and oxygen atoms in total. The maximum absolute atomic E-state index is 12.0. The van der Waals surface area contributed by atoms with E-state index in [0.717, 1.165) is 30.8 Å². The summed E-state index contributed by atoms with van der Waals surface area (Å²) in [6.07, 6.45) is 3.80. The summed E-state index contributed by atoms with van der Waals surface area (Å²) in [7, 11) is 0. The van der Waals surface area contributed by atoms with E-state index in [-0.39, 0.29) is 0 Å². The Morgan fingerprint density at radius 1 is 1.11 bits per heavy atom. The average molecular weight is 367 g/mol. The van der Waals surface area contributed by atoms with Crippen molar-refractivity contribution in [1.29, 1.82) is 0 Å². The highest BCUT2D eigenvalue weighted by Gasteiger charge is 2.16. The molecule has 0 bridgehead atoms. The van der Waals surface area contributed by atoms with Gasteiger partial charge in [-0.1, -0.05) is 18.2 Å². The zero-order chi connectivity index (χ0) is 19.1. The Morgan fingerprint density at radius 2 is 1.85 bits per heavy atom. The number of urea groups is 1. The zero-order valence-corrected chi connectivity index (χ0v) is 15.7. The highest BCUT2D eigenvalue weighted by Crippen LogP contribution is 2.18. The molecule has 0 atom stereocenters. The van der Waals surface area contributed by atoms with Gasteiger partial charge < -0.3 is 15.3 Å². The van der Waals surface area contributed by atoms with Gasteiger partial charge in [-0.25, -0.2) is 10.2 Å². The summed E-state index contributed by atoms with van der Waals surface area (Å²) in [6.45, 7) is 4.96. The lowest BCUT2D eigenvalue weighted by Crippen LogP contribution is -3.11. The van der Waals surface area contributed by atoms with Gasteiger partial charge in [0.1, 0.15) is 12.3 Å². The van der Waals surface area contributed by atoms with Crippen LogP contribution < -0.4 is 15.6 Å². The van der Waals surface area contributed by atoms with E-state index in [4.69, 9.17) is 0 Å². The summed E-state index contributed by atoms with van der Waals surface area (Å²) in [4.78, 5) is 13.5. The Kier molecular flexibility index (Phi) is 6.44. The van der Waals surface area contributed by atoms with Crippen molar-refractivity contribution in [2.45, 2.75) is 32.7 Å². The molecule has 1 saturated heterocycles. The molecule has 0 radical (unpaired) electrons. The molecule has 142 valence electrons. The van der Waals surface area contributed by atoms with Gasteiger partial charge in [-0.3, -0.25) is 0 Å². The van der Waals surface area contributed by atoms with Crippen molar-refractivity contribution < 1.29 is 14.8 Å². The van der Waals surface area contributed by atoms with Crippen molar-refractivity contribution >= 4 is 17.4 Å². The van der Waals surface area contributed by atoms with Gasteiger partial charge in [-0.15, -0.1) is 0 Å². The number of anilines is 1. The molecule has 0 unspecified atom stereocenters. The lowest BCUT2D eigenvalue weighted by molar-refractivity contribution is -0.918. The van der Waals surface area contributed by atoms with Crippen molar-refractivity contribution in [3.8, 4) is 5.75 Å². The SMILES string of the molecule is C/C(=N\NC(=O)Nc1ccccc1)c1ccc(O)c(C[NH+]2CCCCC2)c1. The Morgan fingerprint density at radius 3 is 2.59 bits per heavy atom. The number of phenols is 1. The molecule has 3 rings (SSSR count). The molecule has 27 heavy (non-hydrogen) atoms. The third kappa shape index (κ3) is 5.56. The number of phenolic OH excluding ortho intramolecular Hbond substituents is 1. The fourth-order valence-corrected chi connectivity index (χ4v) is 3.33. The number of quaternary nitrogens is 1. The van der Waals surface area contributed by atoms with Crippen LogP contribution in [0.4, 0.5) is 10.5 Å². The molecule has 1 aliphatic heterocycles. The summed E-state index contributed by atoms with van der Waals surface area (Å²) < 4.78 is 0. The number of hydrogen-bond acceptors (Lipinski definition) is 3. The predicted octanol–water partition coefficient (Wildman–Crippen LogP) is 2.51. The van der Waals surface area contributed by atoms with Crippen molar-refractivity contribution in [3.63, 3.8) is 0 Å². The normalized spacial score (nSPS) is 15.4. The van der Waals surface area contributed by atoms with Crippen LogP contribution in [0.3, 0.4) is 0 Å². The van der Waals surface area contributed by atoms with Gasteiger partial charge in [0.2, 0.25) is 0 Å². The maximum Gasteiger partial charge on any atom is 0.339 e. The van der Waals surface area contributed by atoms with Gasteiger partial charge in [0, 0.05) is 11.3 Å². The third-order valence-corrected chi connectivity index (χ3v) is 4.86. The molecule has 2 amide bonds. The molecule has 2 aromatic rings. The molecule has 1 fully saturated rings. The van der Waals surface area contributed by atoms with Crippen LogP contribution in [-0.4, -0.2) is 29.9 Å². The largest absolute Gasteiger partial charge is 0.507 e. The van der Waals surface area contributed by atoms with Gasteiger partial charge in [-0.2, -0.15) is 5.10 Å². The lowest BCUT2D eigenvalue weighted by atomic mass is 10.0. The standard InChI is InChI=1S/C21H26N4O2/c1-16(23-24-21(27)22-19-8-4-2-5-9-19)17-10-11-20(26)18(14-17)15-25-12-6-3-7-13-25/h2,4-5,8-11,14,26H,3,6-7,12-13,15H2,1H3,(H2,22,24,27)/p+1/b23-16+. The Balaban J connectivity index is 1.63. The highest BCUT2D eigenvalue weighted by atomic mass is 16.3. The van der Waals surface area contributed by atoms with E-state index in [1.54, 1.807) is 6.07 Å². The van der Waals surface area contributed by atoms with Gasteiger partial charge in [0.25, 0.3) is 0 Å². The van der Waals surface area contributed by atoms with E-state index in [1.165, 1.54) is 24.2 Å². The number of benzene rings is 2. The van der Waals surface area contributed by atoms with Crippen LogP contribution in [0.25, 0.3) is 0 Å². The molecule has 0 aliphatic carbocycles. The summed E-state index contributed by atoms with van der Waals surface area (Å²) in [5, 5.41) is 17.1. The maximum atomic E-state index is 12.0. The number of aromatic hydroxyl groups is 1. The minimum Gasteiger partial charge on any atom is -0.507 e. The average Bonchev–Trinajstić information content (AvgIpc) is 2.69. The van der Waals surface area contributed by atoms with Gasteiger partial charge in [0.15, 0.2) is 0 Å². The number of rotatable bonds is 5. The smallest absolute Gasteiger partial charge is 0.339 e. The minimum atomic E-state index is -0.391. The number of nitrogens with one attached hydrogen (secondary N) is 3. The van der Waals surface area contributed by atoms with Crippen molar-refractivity contribution in [3.05, 3.63) is 59.7 Å². The van der Waals surface area contributed by atoms with E-state index in [9.17, 15) is 9.90 Å². The highest BCUT2D eigenvalue weighted by molar-refractivity contribution is 6.00. The second-order valence-corrected chi connectivity index (χ2v) is 6.96. The van der Waals surface area contributed by atoms with Crippen LogP contribution in [0.5, 0.6) is 5.75 Å². The monoisotopic (exact) mass is 367 g/mol. The van der Waals surface area contributed by atoms with Crippen LogP contribution in [0, 0.1) is 0 Å². The van der Waals surface area contributed by atoms with Crippen LogP contribution in [0.2, 0.25) is 0 Å². The molecule has 2 aromatic carbocycles. The van der Waals surface area contributed by atoms with Crippen LogP contribution in [0.15, 0.2) is 53.6 Å². The van der Waals surface area contributed by atoms with Crippen LogP contribution in [-0.2, 0) is 6.54 Å². The number of para-hydroxylation sites is 1. The molecule has 4 N–H and O–H groups in total. The molecular formula is C21H27N4O2+. The fraction of sp³-hybridized carbons (Fsp3) is 0.333. The number of carbonyl (C=O) groups excluding carboxylic acids is 1. The summed E-state index contributed by atoms with van der Waals surface area (Å²) in [5.41, 5.74) is 5.72. The molecule has 0 spiro atoms. The summed E-state index contributed by atoms with van der Waals surface area (Å²) >= 11 is 0. The Bertz CT molecular complexity index is 799. The number of likely N-dealkylation sites (tertiary alicyclic amines) is 1. The molecule has 1 heterocycles. The number of hydrazone groups is 1. The molecule has 1 aliphatic rings. The molecule has 0 saturated carbocycles. The van der Waals surface area contributed by atoms with Crippen LogP contribution >= 0.6 is 0 Å². The van der Waals surface area contributed by atoms with Gasteiger partial charge in [0.05, 0.1) is 18.8 Å². The van der Waals surface area contributed by atoms with E-state index in [2.05, 4.69) is 15.8 Å². The molecule has 6 heteroatoms. The zero-order valence-electron chi connectivity index (χ0n) is 15.7. The first-order valence-corrected chi connectivity index (χ1v) is 9.44. The van der Waals surface area contributed by atoms with Gasteiger partial charge >= 0.3 is 6.03 Å². The van der Waals surface area contributed by atoms with Crippen molar-refractivity contribution in [1.82, 2.24) is 5.43 Å².